The number of aryl methyl sites for hydroxylation is 1. The van der Waals surface area contributed by atoms with Crippen molar-refractivity contribution in [1.82, 2.24) is 0 Å². The number of primary amides is 1. The molecule has 3 nitrogen and oxygen atoms in total. The van der Waals surface area contributed by atoms with E-state index in [1.54, 1.807) is 6.07 Å². The molecule has 0 bridgehead atoms. The molecule has 0 saturated carbocycles. The Morgan fingerprint density at radius 2 is 2.12 bits per heavy atom. The van der Waals surface area contributed by atoms with Crippen LogP contribution in [0.1, 0.15) is 36.2 Å². The second-order valence-electron chi connectivity index (χ2n) is 4.50. The Morgan fingerprint density at radius 3 is 2.62 bits per heavy atom. The lowest BCUT2D eigenvalue weighted by Gasteiger charge is -2.11. The van der Waals surface area contributed by atoms with Gasteiger partial charge in [-0.25, -0.2) is 0 Å². The van der Waals surface area contributed by atoms with Crippen LogP contribution in [0.2, 0.25) is 0 Å². The molecule has 0 aliphatic rings. The van der Waals surface area contributed by atoms with E-state index in [2.05, 4.69) is 19.2 Å². The maximum Gasteiger partial charge on any atom is 0.248 e. The predicted octanol–water partition coefficient (Wildman–Crippen LogP) is 2.55. The van der Waals surface area contributed by atoms with Crippen LogP contribution in [0.5, 0.6) is 0 Å². The molecule has 1 aromatic carbocycles. The summed E-state index contributed by atoms with van der Waals surface area (Å²) in [4.78, 5) is 11.0. The molecular formula is C13H20N2O. The summed E-state index contributed by atoms with van der Waals surface area (Å²) in [5, 5.41) is 3.36. The number of hydrogen-bond acceptors (Lipinski definition) is 2. The number of rotatable bonds is 5. The van der Waals surface area contributed by atoms with Crippen LogP contribution in [0.4, 0.5) is 5.69 Å². The first kappa shape index (κ1) is 12.6. The number of hydrogen-bond donors (Lipinski definition) is 2. The van der Waals surface area contributed by atoms with Crippen LogP contribution in [-0.4, -0.2) is 12.5 Å². The summed E-state index contributed by atoms with van der Waals surface area (Å²) in [6, 6.07) is 5.49. The van der Waals surface area contributed by atoms with Crippen molar-refractivity contribution in [3.63, 3.8) is 0 Å². The fraction of sp³-hybridized carbons (Fsp3) is 0.462. The van der Waals surface area contributed by atoms with E-state index in [0.717, 1.165) is 24.2 Å². The zero-order valence-corrected chi connectivity index (χ0v) is 10.2. The Morgan fingerprint density at radius 1 is 1.44 bits per heavy atom. The van der Waals surface area contributed by atoms with Gasteiger partial charge in [-0.05, 0) is 43.0 Å². The van der Waals surface area contributed by atoms with Crippen LogP contribution in [-0.2, 0) is 0 Å². The minimum Gasteiger partial charge on any atom is -0.385 e. The molecule has 0 aliphatic heterocycles. The van der Waals surface area contributed by atoms with Crippen molar-refractivity contribution in [2.24, 2.45) is 11.7 Å². The summed E-state index contributed by atoms with van der Waals surface area (Å²) >= 11 is 0. The van der Waals surface area contributed by atoms with E-state index < -0.39 is 0 Å². The maximum absolute atomic E-state index is 11.0. The van der Waals surface area contributed by atoms with Gasteiger partial charge in [-0.3, -0.25) is 4.79 Å². The summed E-state index contributed by atoms with van der Waals surface area (Å²) in [7, 11) is 0. The first-order chi connectivity index (χ1) is 7.50. The van der Waals surface area contributed by atoms with Gasteiger partial charge in [0.1, 0.15) is 0 Å². The van der Waals surface area contributed by atoms with Gasteiger partial charge in [0.2, 0.25) is 5.91 Å². The van der Waals surface area contributed by atoms with Crippen molar-refractivity contribution >= 4 is 11.6 Å². The van der Waals surface area contributed by atoms with E-state index in [4.69, 9.17) is 5.73 Å². The molecule has 1 aromatic rings. The number of carbonyl (C=O) groups excluding carboxylic acids is 1. The molecular weight excluding hydrogens is 200 g/mol. The van der Waals surface area contributed by atoms with Crippen LogP contribution in [0.25, 0.3) is 0 Å². The number of benzene rings is 1. The van der Waals surface area contributed by atoms with Crippen molar-refractivity contribution in [3.05, 3.63) is 29.3 Å². The second kappa shape index (κ2) is 5.54. The van der Waals surface area contributed by atoms with E-state index >= 15 is 0 Å². The molecule has 88 valence electrons. The molecule has 3 heteroatoms. The van der Waals surface area contributed by atoms with Crippen molar-refractivity contribution in [1.29, 1.82) is 0 Å². The SMILES string of the molecule is Cc1cc(C(N)=O)ccc1NCCC(C)C. The van der Waals surface area contributed by atoms with Gasteiger partial charge in [0.05, 0.1) is 0 Å². The first-order valence-corrected chi connectivity index (χ1v) is 5.65. The zero-order chi connectivity index (χ0) is 12.1. The molecule has 0 radical (unpaired) electrons. The third kappa shape index (κ3) is 3.57. The molecule has 1 rings (SSSR count). The van der Waals surface area contributed by atoms with E-state index in [1.165, 1.54) is 0 Å². The highest BCUT2D eigenvalue weighted by atomic mass is 16.1. The average Bonchev–Trinajstić information content (AvgIpc) is 2.19. The Bertz CT molecular complexity index is 372. The van der Waals surface area contributed by atoms with Gasteiger partial charge in [-0.2, -0.15) is 0 Å². The van der Waals surface area contributed by atoms with E-state index in [1.807, 2.05) is 19.1 Å². The Hall–Kier alpha value is -1.51. The molecule has 0 heterocycles. The van der Waals surface area contributed by atoms with Crippen molar-refractivity contribution in [3.8, 4) is 0 Å². The van der Waals surface area contributed by atoms with Gasteiger partial charge < -0.3 is 11.1 Å². The minimum atomic E-state index is -0.378. The third-order valence-corrected chi connectivity index (χ3v) is 2.55. The van der Waals surface area contributed by atoms with Gasteiger partial charge >= 0.3 is 0 Å². The standard InChI is InChI=1S/C13H20N2O/c1-9(2)6-7-15-12-5-4-11(13(14)16)8-10(12)3/h4-5,8-9,15H,6-7H2,1-3H3,(H2,14,16). The van der Waals surface area contributed by atoms with Crippen LogP contribution in [0.15, 0.2) is 18.2 Å². The highest BCUT2D eigenvalue weighted by Gasteiger charge is 2.03. The Labute approximate surface area is 97.0 Å². The molecule has 0 atom stereocenters. The van der Waals surface area contributed by atoms with E-state index in [0.29, 0.717) is 11.5 Å². The molecule has 0 aliphatic carbocycles. The molecule has 0 aromatic heterocycles. The second-order valence-corrected chi connectivity index (χ2v) is 4.50. The normalized spacial score (nSPS) is 10.5. The lowest BCUT2D eigenvalue weighted by atomic mass is 10.1. The van der Waals surface area contributed by atoms with Crippen molar-refractivity contribution in [2.45, 2.75) is 27.2 Å². The zero-order valence-electron chi connectivity index (χ0n) is 10.2. The first-order valence-electron chi connectivity index (χ1n) is 5.65. The molecule has 0 saturated heterocycles. The van der Waals surface area contributed by atoms with Crippen molar-refractivity contribution in [2.75, 3.05) is 11.9 Å². The number of carbonyl (C=O) groups is 1. The third-order valence-electron chi connectivity index (χ3n) is 2.55. The number of amides is 1. The Balaban J connectivity index is 2.64. The fourth-order valence-electron chi connectivity index (χ4n) is 1.51. The van der Waals surface area contributed by atoms with Gasteiger partial charge in [-0.15, -0.1) is 0 Å². The maximum atomic E-state index is 11.0. The fourth-order valence-corrected chi connectivity index (χ4v) is 1.51. The number of nitrogens with two attached hydrogens (primary N) is 1. The lowest BCUT2D eigenvalue weighted by Crippen LogP contribution is -2.12. The summed E-state index contributed by atoms with van der Waals surface area (Å²) in [6.45, 7) is 7.33. The Kier molecular flexibility index (Phi) is 4.35. The van der Waals surface area contributed by atoms with Crippen molar-refractivity contribution < 1.29 is 4.79 Å². The topological polar surface area (TPSA) is 55.1 Å². The van der Waals surface area contributed by atoms with Gasteiger partial charge in [0, 0.05) is 17.8 Å². The summed E-state index contributed by atoms with van der Waals surface area (Å²) in [5.74, 6) is 0.314. The highest BCUT2D eigenvalue weighted by Crippen LogP contribution is 2.16. The largest absolute Gasteiger partial charge is 0.385 e. The predicted molar refractivity (Wildman–Crippen MR) is 67.6 cm³/mol. The number of nitrogens with one attached hydrogen (secondary N) is 1. The van der Waals surface area contributed by atoms with Gasteiger partial charge in [0.25, 0.3) is 0 Å². The molecule has 16 heavy (non-hydrogen) atoms. The quantitative estimate of drug-likeness (QED) is 0.801. The summed E-state index contributed by atoms with van der Waals surface area (Å²) in [5.41, 5.74) is 7.91. The summed E-state index contributed by atoms with van der Waals surface area (Å²) in [6.07, 6.45) is 1.14. The van der Waals surface area contributed by atoms with E-state index in [-0.39, 0.29) is 5.91 Å². The van der Waals surface area contributed by atoms with Crippen LogP contribution in [0.3, 0.4) is 0 Å². The average molecular weight is 220 g/mol. The van der Waals surface area contributed by atoms with Crippen LogP contribution in [0, 0.1) is 12.8 Å². The minimum absolute atomic E-state index is 0.378. The molecule has 3 N–H and O–H groups in total. The molecule has 0 unspecified atom stereocenters. The van der Waals surface area contributed by atoms with Gasteiger partial charge in [0.15, 0.2) is 0 Å². The van der Waals surface area contributed by atoms with Crippen LogP contribution >= 0.6 is 0 Å². The summed E-state index contributed by atoms with van der Waals surface area (Å²) < 4.78 is 0. The van der Waals surface area contributed by atoms with E-state index in [9.17, 15) is 4.79 Å². The molecule has 1 amide bonds. The molecule has 0 fully saturated rings. The monoisotopic (exact) mass is 220 g/mol. The number of anilines is 1. The molecule has 0 spiro atoms. The van der Waals surface area contributed by atoms with Gasteiger partial charge in [-0.1, -0.05) is 13.8 Å². The van der Waals surface area contributed by atoms with Crippen LogP contribution < -0.4 is 11.1 Å². The lowest BCUT2D eigenvalue weighted by molar-refractivity contribution is 0.1000. The smallest absolute Gasteiger partial charge is 0.248 e. The highest BCUT2D eigenvalue weighted by molar-refractivity contribution is 5.93.